The van der Waals surface area contributed by atoms with Gasteiger partial charge in [0.15, 0.2) is 0 Å². The van der Waals surface area contributed by atoms with Crippen LogP contribution < -0.4 is 5.32 Å². The average Bonchev–Trinajstić information content (AvgIpc) is 2.43. The molecule has 1 atom stereocenters. The van der Waals surface area contributed by atoms with Gasteiger partial charge in [-0.05, 0) is 24.6 Å². The Bertz CT molecular complexity index is 528. The third-order valence-corrected chi connectivity index (χ3v) is 3.82. The van der Waals surface area contributed by atoms with E-state index in [2.05, 4.69) is 58.5 Å². The maximum absolute atomic E-state index is 5.27. The molecule has 2 aromatic rings. The first-order valence-corrected chi connectivity index (χ1v) is 7.09. The maximum atomic E-state index is 5.27. The summed E-state index contributed by atoms with van der Waals surface area (Å²) in [6.45, 7) is 2.75. The smallest absolute Gasteiger partial charge is 0.0744 e. The average molecular weight is 320 g/mol. The number of anilines is 1. The first-order valence-electron chi connectivity index (χ1n) is 6.30. The fourth-order valence-electron chi connectivity index (χ4n) is 2.04. The van der Waals surface area contributed by atoms with Crippen LogP contribution in [0.1, 0.15) is 24.1 Å². The Balaban J connectivity index is 2.21. The molecule has 1 unspecified atom stereocenters. The minimum absolute atomic E-state index is 0.256. The summed E-state index contributed by atoms with van der Waals surface area (Å²) in [5.74, 6) is 0. The van der Waals surface area contributed by atoms with Crippen LogP contribution in [0.3, 0.4) is 0 Å². The van der Waals surface area contributed by atoms with Crippen LogP contribution in [-0.4, -0.2) is 7.11 Å². The largest absolute Gasteiger partial charge is 0.380 e. The first kappa shape index (κ1) is 14.1. The topological polar surface area (TPSA) is 21.3 Å². The van der Waals surface area contributed by atoms with Gasteiger partial charge in [-0.3, -0.25) is 0 Å². The van der Waals surface area contributed by atoms with E-state index >= 15 is 0 Å². The Morgan fingerprint density at radius 3 is 2.53 bits per heavy atom. The summed E-state index contributed by atoms with van der Waals surface area (Å²) >= 11 is 3.57. The van der Waals surface area contributed by atoms with Gasteiger partial charge in [-0.2, -0.15) is 0 Å². The van der Waals surface area contributed by atoms with Crippen LogP contribution in [0.15, 0.2) is 53.0 Å². The number of ether oxygens (including phenoxy) is 1. The van der Waals surface area contributed by atoms with Gasteiger partial charge >= 0.3 is 0 Å². The van der Waals surface area contributed by atoms with Crippen molar-refractivity contribution < 1.29 is 4.74 Å². The van der Waals surface area contributed by atoms with Gasteiger partial charge < -0.3 is 10.1 Å². The summed E-state index contributed by atoms with van der Waals surface area (Å²) in [6, 6.07) is 16.8. The third-order valence-electron chi connectivity index (χ3n) is 3.08. The predicted octanol–water partition coefficient (Wildman–Crippen LogP) is 4.77. The van der Waals surface area contributed by atoms with Crippen LogP contribution in [0.5, 0.6) is 0 Å². The lowest BCUT2D eigenvalue weighted by atomic mass is 10.1. The maximum Gasteiger partial charge on any atom is 0.0744 e. The first-order chi connectivity index (χ1) is 9.22. The van der Waals surface area contributed by atoms with Gasteiger partial charge in [0.25, 0.3) is 0 Å². The summed E-state index contributed by atoms with van der Waals surface area (Å²) in [7, 11) is 1.71. The number of hydrogen-bond donors (Lipinski definition) is 1. The van der Waals surface area contributed by atoms with Gasteiger partial charge in [0, 0.05) is 28.9 Å². The summed E-state index contributed by atoms with van der Waals surface area (Å²) in [5, 5.41) is 3.54. The molecule has 2 aromatic carbocycles. The van der Waals surface area contributed by atoms with E-state index in [4.69, 9.17) is 4.74 Å². The molecule has 0 radical (unpaired) electrons. The Kier molecular flexibility index (Phi) is 5.00. The SMILES string of the molecule is COCc1c(Br)cccc1NC(C)c1ccccc1. The van der Waals surface area contributed by atoms with E-state index < -0.39 is 0 Å². The van der Waals surface area contributed by atoms with Crippen molar-refractivity contribution in [3.63, 3.8) is 0 Å². The van der Waals surface area contributed by atoms with Gasteiger partial charge in [0.2, 0.25) is 0 Å². The summed E-state index contributed by atoms with van der Waals surface area (Å²) in [4.78, 5) is 0. The highest BCUT2D eigenvalue weighted by Crippen LogP contribution is 2.28. The van der Waals surface area contributed by atoms with E-state index in [1.165, 1.54) is 5.56 Å². The molecule has 2 nitrogen and oxygen atoms in total. The molecule has 3 heteroatoms. The molecular formula is C16H18BrNO. The van der Waals surface area contributed by atoms with Crippen molar-refractivity contribution in [1.29, 1.82) is 0 Å². The second-order valence-corrected chi connectivity index (χ2v) is 5.33. The number of benzene rings is 2. The quantitative estimate of drug-likeness (QED) is 0.857. The van der Waals surface area contributed by atoms with E-state index in [-0.39, 0.29) is 6.04 Å². The van der Waals surface area contributed by atoms with Gasteiger partial charge in [0.1, 0.15) is 0 Å². The van der Waals surface area contributed by atoms with E-state index in [1.54, 1.807) is 7.11 Å². The van der Waals surface area contributed by atoms with Crippen LogP contribution in [0.4, 0.5) is 5.69 Å². The molecule has 0 amide bonds. The zero-order chi connectivity index (χ0) is 13.7. The number of halogens is 1. The van der Waals surface area contributed by atoms with E-state index in [0.29, 0.717) is 6.61 Å². The van der Waals surface area contributed by atoms with Crippen LogP contribution in [-0.2, 0) is 11.3 Å². The highest BCUT2D eigenvalue weighted by molar-refractivity contribution is 9.10. The molecule has 0 aliphatic carbocycles. The molecule has 2 rings (SSSR count). The van der Waals surface area contributed by atoms with Crippen molar-refractivity contribution in [2.24, 2.45) is 0 Å². The Morgan fingerprint density at radius 2 is 1.84 bits per heavy atom. The van der Waals surface area contributed by atoms with Gasteiger partial charge in [0.05, 0.1) is 6.61 Å². The Labute approximate surface area is 122 Å². The molecule has 0 aromatic heterocycles. The Morgan fingerprint density at radius 1 is 1.11 bits per heavy atom. The van der Waals surface area contributed by atoms with Crippen molar-refractivity contribution in [3.8, 4) is 0 Å². The fraction of sp³-hybridized carbons (Fsp3) is 0.250. The molecule has 0 saturated heterocycles. The summed E-state index contributed by atoms with van der Waals surface area (Å²) in [5.41, 5.74) is 3.52. The van der Waals surface area contributed by atoms with E-state index in [9.17, 15) is 0 Å². The molecule has 0 saturated carbocycles. The van der Waals surface area contributed by atoms with Crippen LogP contribution >= 0.6 is 15.9 Å². The van der Waals surface area contributed by atoms with Gasteiger partial charge in [-0.25, -0.2) is 0 Å². The van der Waals surface area contributed by atoms with Gasteiger partial charge in [-0.15, -0.1) is 0 Å². The van der Waals surface area contributed by atoms with Crippen molar-refractivity contribution in [3.05, 3.63) is 64.1 Å². The standard InChI is InChI=1S/C16H18BrNO/c1-12(13-7-4-3-5-8-13)18-16-10-6-9-15(17)14(16)11-19-2/h3-10,12,18H,11H2,1-2H3. The molecule has 0 aliphatic heterocycles. The number of rotatable bonds is 5. The van der Waals surface area contributed by atoms with Crippen LogP contribution in [0, 0.1) is 0 Å². The lowest BCUT2D eigenvalue weighted by Crippen LogP contribution is -2.09. The van der Waals surface area contributed by atoms with Crippen molar-refractivity contribution >= 4 is 21.6 Å². The van der Waals surface area contributed by atoms with Crippen molar-refractivity contribution in [1.82, 2.24) is 0 Å². The minimum Gasteiger partial charge on any atom is -0.380 e. The molecule has 0 heterocycles. The zero-order valence-electron chi connectivity index (χ0n) is 11.2. The molecule has 0 bridgehead atoms. The molecule has 0 fully saturated rings. The number of methoxy groups -OCH3 is 1. The molecule has 19 heavy (non-hydrogen) atoms. The molecule has 100 valence electrons. The summed E-state index contributed by atoms with van der Waals surface area (Å²) in [6.07, 6.45) is 0. The summed E-state index contributed by atoms with van der Waals surface area (Å²) < 4.78 is 6.34. The highest BCUT2D eigenvalue weighted by atomic mass is 79.9. The van der Waals surface area contributed by atoms with Gasteiger partial charge in [-0.1, -0.05) is 52.3 Å². The second-order valence-electron chi connectivity index (χ2n) is 4.48. The van der Waals surface area contributed by atoms with Crippen LogP contribution in [0.2, 0.25) is 0 Å². The minimum atomic E-state index is 0.256. The highest BCUT2D eigenvalue weighted by Gasteiger charge is 2.10. The lowest BCUT2D eigenvalue weighted by molar-refractivity contribution is 0.185. The van der Waals surface area contributed by atoms with E-state index in [0.717, 1.165) is 15.7 Å². The third kappa shape index (κ3) is 3.58. The lowest BCUT2D eigenvalue weighted by Gasteiger charge is -2.19. The molecule has 0 spiro atoms. The van der Waals surface area contributed by atoms with Crippen molar-refractivity contribution in [2.45, 2.75) is 19.6 Å². The van der Waals surface area contributed by atoms with E-state index in [1.807, 2.05) is 18.2 Å². The van der Waals surface area contributed by atoms with Crippen LogP contribution in [0.25, 0.3) is 0 Å². The fourth-order valence-corrected chi connectivity index (χ4v) is 2.52. The molecule has 1 N–H and O–H groups in total. The second kappa shape index (κ2) is 6.73. The Hall–Kier alpha value is -1.32. The number of hydrogen-bond acceptors (Lipinski definition) is 2. The molecule has 0 aliphatic rings. The van der Waals surface area contributed by atoms with Crippen molar-refractivity contribution in [2.75, 3.05) is 12.4 Å². The normalized spacial score (nSPS) is 12.2. The molecular weight excluding hydrogens is 302 g/mol. The monoisotopic (exact) mass is 319 g/mol. The number of nitrogens with one attached hydrogen (secondary N) is 1. The zero-order valence-corrected chi connectivity index (χ0v) is 12.8. The predicted molar refractivity (Wildman–Crippen MR) is 83.3 cm³/mol.